The molecule has 0 bridgehead atoms. The van der Waals surface area contributed by atoms with Gasteiger partial charge in [0, 0.05) is 0 Å². The first-order valence-corrected chi connectivity index (χ1v) is 4.09. The van der Waals surface area contributed by atoms with E-state index in [0.29, 0.717) is 0 Å². The lowest BCUT2D eigenvalue weighted by molar-refractivity contribution is -0.253. The van der Waals surface area contributed by atoms with Crippen LogP contribution in [0.15, 0.2) is 0 Å². The van der Waals surface area contributed by atoms with E-state index in [9.17, 15) is 15.3 Å². The summed E-state index contributed by atoms with van der Waals surface area (Å²) in [5.74, 6) is 0. The van der Waals surface area contributed by atoms with E-state index < -0.39 is 37.3 Å². The summed E-state index contributed by atoms with van der Waals surface area (Å²) in [5, 5.41) is 39.4. The fraction of sp³-hybridized carbons (Fsp3) is 1.00. The fourth-order valence-electron chi connectivity index (χ4n) is 1.41. The number of rotatable bonds is 2. The molecule has 5 unspecified atom stereocenters. The molecule has 1 saturated heterocycles. The number of hydrogen-bond donors (Lipinski definition) is 5. The van der Waals surface area contributed by atoms with Crippen molar-refractivity contribution in [3.8, 4) is 0 Å². The van der Waals surface area contributed by atoms with Gasteiger partial charge in [-0.2, -0.15) is 0 Å². The highest BCUT2D eigenvalue weighted by Crippen LogP contribution is 2.18. The minimum absolute atomic E-state index is 0. The predicted molar refractivity (Wildman–Crippen MR) is 56.3 cm³/mol. The molecule has 1 aliphatic heterocycles. The molecule has 0 aromatic carbocycles. The van der Waals surface area contributed by atoms with E-state index in [2.05, 4.69) is 5.32 Å². The van der Waals surface area contributed by atoms with Crippen LogP contribution in [0, 0.1) is 0 Å². The molecule has 5 N–H and O–H groups in total. The van der Waals surface area contributed by atoms with Crippen molar-refractivity contribution in [2.75, 3.05) is 13.7 Å². The first kappa shape index (κ1) is 17.2. The van der Waals surface area contributed by atoms with Crippen LogP contribution in [0.2, 0.25) is 0 Å². The Morgan fingerprint density at radius 2 is 1.67 bits per heavy atom. The van der Waals surface area contributed by atoms with E-state index in [1.54, 1.807) is 0 Å². The molecule has 6 heteroatoms. The second-order valence-electron chi connectivity index (χ2n) is 3.04. The van der Waals surface area contributed by atoms with Crippen molar-refractivity contribution >= 4 is 0 Å². The van der Waals surface area contributed by atoms with Gasteiger partial charge in [0.1, 0.15) is 18.3 Å². The van der Waals surface area contributed by atoms with Gasteiger partial charge in [0.25, 0.3) is 0 Å². The molecular weight excluding hydrogens is 202 g/mol. The number of aliphatic hydroxyl groups excluding tert-OH is 4. The minimum atomic E-state index is -1.22. The Morgan fingerprint density at radius 3 is 2.07 bits per heavy atom. The molecule has 1 fully saturated rings. The van der Waals surface area contributed by atoms with Crippen LogP contribution >= 0.6 is 0 Å². The average molecular weight is 225 g/mol. The minimum Gasteiger partial charge on any atom is -0.394 e. The van der Waals surface area contributed by atoms with Crippen molar-refractivity contribution in [1.82, 2.24) is 5.32 Å². The van der Waals surface area contributed by atoms with Crippen molar-refractivity contribution in [2.24, 2.45) is 0 Å². The lowest BCUT2D eigenvalue weighted by Gasteiger charge is -2.39. The van der Waals surface area contributed by atoms with Gasteiger partial charge in [-0.1, -0.05) is 14.9 Å². The van der Waals surface area contributed by atoms with Crippen LogP contribution in [0.3, 0.4) is 0 Å². The predicted octanol–water partition coefficient (Wildman–Crippen LogP) is -1.72. The smallest absolute Gasteiger partial charge is 0.173 e. The van der Waals surface area contributed by atoms with Crippen LogP contribution in [0.1, 0.15) is 14.9 Å². The first-order valence-electron chi connectivity index (χ1n) is 4.09. The van der Waals surface area contributed by atoms with E-state index >= 15 is 0 Å². The van der Waals surface area contributed by atoms with Gasteiger partial charge >= 0.3 is 0 Å². The van der Waals surface area contributed by atoms with E-state index in [1.807, 2.05) is 0 Å². The molecule has 94 valence electrons. The van der Waals surface area contributed by atoms with Crippen LogP contribution in [0.5, 0.6) is 0 Å². The third-order valence-electron chi connectivity index (χ3n) is 2.23. The number of likely N-dealkylation sites (N-methyl/N-ethyl adjacent to an activating group) is 1. The highest BCUT2D eigenvalue weighted by molar-refractivity contribution is 4.91. The molecule has 5 atom stereocenters. The van der Waals surface area contributed by atoms with Gasteiger partial charge in [0.05, 0.1) is 12.6 Å². The summed E-state index contributed by atoms with van der Waals surface area (Å²) in [6.45, 7) is -0.439. The Morgan fingerprint density at radius 1 is 1.13 bits per heavy atom. The Balaban J connectivity index is 0. The maximum atomic E-state index is 9.45. The third-order valence-corrected chi connectivity index (χ3v) is 2.23. The zero-order valence-corrected chi connectivity index (χ0v) is 7.29. The first-order chi connectivity index (χ1) is 6.11. The normalized spacial score (nSPS) is 40.2. The molecule has 1 heterocycles. The Bertz CT molecular complexity index is 169. The van der Waals surface area contributed by atoms with Gasteiger partial charge in [-0.25, -0.2) is 0 Å². The standard InChI is InChI=1S/C7H15NO5.2CH4/c1-8-4-6(11)5(10)3(2-9)13-7(4)12;;/h3-12H,2H2,1H3;2*1H4. The van der Waals surface area contributed by atoms with Crippen LogP contribution in [0.4, 0.5) is 0 Å². The topological polar surface area (TPSA) is 102 Å². The van der Waals surface area contributed by atoms with Gasteiger partial charge in [-0.3, -0.25) is 0 Å². The molecule has 0 aliphatic carbocycles. The molecule has 15 heavy (non-hydrogen) atoms. The van der Waals surface area contributed by atoms with E-state index in [0.717, 1.165) is 0 Å². The lowest BCUT2D eigenvalue weighted by atomic mass is 9.97. The number of hydrogen-bond acceptors (Lipinski definition) is 6. The van der Waals surface area contributed by atoms with Gasteiger partial charge in [-0.05, 0) is 7.05 Å². The summed E-state index contributed by atoms with van der Waals surface area (Å²) >= 11 is 0. The Kier molecular flexibility index (Phi) is 8.13. The number of ether oxygens (including phenoxy) is 1. The van der Waals surface area contributed by atoms with Crippen LogP contribution in [-0.2, 0) is 4.74 Å². The molecular formula is C9H23NO5. The second kappa shape index (κ2) is 7.10. The Hall–Kier alpha value is -0.240. The molecule has 0 amide bonds. The molecule has 0 radical (unpaired) electrons. The molecule has 0 aromatic rings. The van der Waals surface area contributed by atoms with Crippen molar-refractivity contribution in [1.29, 1.82) is 0 Å². The average Bonchev–Trinajstić information content (AvgIpc) is 2.12. The fourth-order valence-corrected chi connectivity index (χ4v) is 1.41. The van der Waals surface area contributed by atoms with Gasteiger partial charge in [-0.15, -0.1) is 0 Å². The molecule has 6 nitrogen and oxygen atoms in total. The number of aliphatic hydroxyl groups is 4. The maximum absolute atomic E-state index is 9.45. The highest BCUT2D eigenvalue weighted by atomic mass is 16.6. The van der Waals surface area contributed by atoms with E-state index in [1.165, 1.54) is 7.05 Å². The van der Waals surface area contributed by atoms with Gasteiger partial charge < -0.3 is 30.5 Å². The molecule has 1 rings (SSSR count). The van der Waals surface area contributed by atoms with Gasteiger partial charge in [0.15, 0.2) is 6.29 Å². The zero-order chi connectivity index (χ0) is 10.0. The van der Waals surface area contributed by atoms with Gasteiger partial charge in [0.2, 0.25) is 0 Å². The molecule has 1 aliphatic rings. The highest BCUT2D eigenvalue weighted by Gasteiger charge is 2.42. The summed E-state index contributed by atoms with van der Waals surface area (Å²) in [7, 11) is 1.53. The zero-order valence-electron chi connectivity index (χ0n) is 7.29. The van der Waals surface area contributed by atoms with Crippen molar-refractivity contribution in [3.05, 3.63) is 0 Å². The van der Waals surface area contributed by atoms with Crippen molar-refractivity contribution in [2.45, 2.75) is 45.5 Å². The van der Waals surface area contributed by atoms with Crippen molar-refractivity contribution in [3.63, 3.8) is 0 Å². The molecule has 0 aromatic heterocycles. The monoisotopic (exact) mass is 225 g/mol. The summed E-state index contributed by atoms with van der Waals surface area (Å²) in [4.78, 5) is 0. The van der Waals surface area contributed by atoms with Crippen LogP contribution in [-0.4, -0.2) is 64.7 Å². The maximum Gasteiger partial charge on any atom is 0.173 e. The summed E-state index contributed by atoms with van der Waals surface area (Å²) in [6.07, 6.45) is -4.49. The lowest BCUT2D eigenvalue weighted by Crippen LogP contribution is -2.62. The second-order valence-corrected chi connectivity index (χ2v) is 3.04. The summed E-state index contributed by atoms with van der Waals surface area (Å²) in [5.41, 5.74) is 0. The number of nitrogens with one attached hydrogen (secondary N) is 1. The van der Waals surface area contributed by atoms with Crippen LogP contribution < -0.4 is 5.32 Å². The summed E-state index contributed by atoms with van der Waals surface area (Å²) in [6, 6.07) is -0.738. The molecule has 0 saturated carbocycles. The van der Waals surface area contributed by atoms with Crippen LogP contribution in [0.25, 0.3) is 0 Å². The van der Waals surface area contributed by atoms with E-state index in [4.69, 9.17) is 9.84 Å². The molecule has 0 spiro atoms. The van der Waals surface area contributed by atoms with E-state index in [-0.39, 0.29) is 14.9 Å². The quantitative estimate of drug-likeness (QED) is 0.383. The SMILES string of the molecule is C.C.CNC1C(O)OC(CO)C(O)C1O. The summed E-state index contributed by atoms with van der Waals surface area (Å²) < 4.78 is 4.85. The Labute approximate surface area is 90.5 Å². The van der Waals surface area contributed by atoms with Crippen molar-refractivity contribution < 1.29 is 25.2 Å². The third kappa shape index (κ3) is 3.37. The largest absolute Gasteiger partial charge is 0.394 e.